The van der Waals surface area contributed by atoms with E-state index in [9.17, 15) is 19.1 Å². The Labute approximate surface area is 215 Å². The summed E-state index contributed by atoms with van der Waals surface area (Å²) in [5.74, 6) is -0.352. The van der Waals surface area contributed by atoms with Crippen molar-refractivity contribution < 1.29 is 23.8 Å². The Morgan fingerprint density at radius 2 is 1.89 bits per heavy atom. The molecule has 0 saturated carbocycles. The Morgan fingerprint density at radius 3 is 2.54 bits per heavy atom. The van der Waals surface area contributed by atoms with E-state index >= 15 is 0 Å². The van der Waals surface area contributed by atoms with Crippen LogP contribution >= 0.6 is 0 Å². The number of hydrogen-bond donors (Lipinski definition) is 2. The fraction of sp³-hybridized carbons (Fsp3) is 0.481. The number of imidazole rings is 1. The molecule has 3 aliphatic rings. The third-order valence-corrected chi connectivity index (χ3v) is 7.71. The SMILES string of the molecule is CC(C)C(=CC(=N)c1ccc(F)cc1)c1ncc2n1C1(C)CN(C(=O)C3(O)CCOCC3)CCN1C2=O. The van der Waals surface area contributed by atoms with Crippen molar-refractivity contribution in [1.82, 2.24) is 19.4 Å². The van der Waals surface area contributed by atoms with Crippen LogP contribution in [0.25, 0.3) is 5.57 Å². The molecule has 1 aromatic carbocycles. The molecule has 0 radical (unpaired) electrons. The number of carbonyl (C=O) groups excluding carboxylic acids is 2. The van der Waals surface area contributed by atoms with Gasteiger partial charge in [-0.25, -0.2) is 9.37 Å². The van der Waals surface area contributed by atoms with Gasteiger partial charge in [-0.1, -0.05) is 13.8 Å². The van der Waals surface area contributed by atoms with Gasteiger partial charge in [-0.3, -0.25) is 14.2 Å². The Balaban J connectivity index is 1.51. The van der Waals surface area contributed by atoms with E-state index in [1.54, 1.807) is 34.2 Å². The maximum atomic E-state index is 13.4. The number of fused-ring (bicyclic) bond motifs is 3. The molecule has 0 spiro atoms. The summed E-state index contributed by atoms with van der Waals surface area (Å²) in [6.07, 6.45) is 3.75. The molecule has 196 valence electrons. The fourth-order valence-electron chi connectivity index (χ4n) is 5.58. The first-order valence-corrected chi connectivity index (χ1v) is 12.6. The molecule has 10 heteroatoms. The van der Waals surface area contributed by atoms with Crippen LogP contribution in [0.5, 0.6) is 0 Å². The highest BCUT2D eigenvalue weighted by molar-refractivity contribution is 6.10. The molecular weight excluding hydrogens is 477 g/mol. The number of aromatic nitrogens is 2. The first-order chi connectivity index (χ1) is 17.5. The predicted octanol–water partition coefficient (Wildman–Crippen LogP) is 2.64. The van der Waals surface area contributed by atoms with Gasteiger partial charge >= 0.3 is 0 Å². The van der Waals surface area contributed by atoms with Crippen LogP contribution < -0.4 is 0 Å². The van der Waals surface area contributed by atoms with Gasteiger partial charge in [0, 0.05) is 39.1 Å². The van der Waals surface area contributed by atoms with Gasteiger partial charge < -0.3 is 25.1 Å². The lowest BCUT2D eigenvalue weighted by Gasteiger charge is -2.47. The Bertz CT molecular complexity index is 1280. The van der Waals surface area contributed by atoms with E-state index < -0.39 is 11.3 Å². The molecule has 1 unspecified atom stereocenters. The molecule has 4 heterocycles. The summed E-state index contributed by atoms with van der Waals surface area (Å²) in [6.45, 7) is 7.41. The highest BCUT2D eigenvalue weighted by atomic mass is 19.1. The molecule has 0 aliphatic carbocycles. The zero-order valence-electron chi connectivity index (χ0n) is 21.3. The molecule has 2 fully saturated rings. The lowest BCUT2D eigenvalue weighted by atomic mass is 9.91. The minimum Gasteiger partial charge on any atom is -0.381 e. The highest BCUT2D eigenvalue weighted by Gasteiger charge is 2.53. The lowest BCUT2D eigenvalue weighted by Crippen LogP contribution is -2.64. The van der Waals surface area contributed by atoms with E-state index in [2.05, 4.69) is 4.98 Å². The summed E-state index contributed by atoms with van der Waals surface area (Å²) < 4.78 is 20.6. The van der Waals surface area contributed by atoms with Crippen molar-refractivity contribution in [3.8, 4) is 0 Å². The number of aliphatic hydroxyl groups is 1. The van der Waals surface area contributed by atoms with Crippen LogP contribution in [0.2, 0.25) is 0 Å². The number of piperazine rings is 1. The summed E-state index contributed by atoms with van der Waals surface area (Å²) in [7, 11) is 0. The Hall–Kier alpha value is -3.37. The van der Waals surface area contributed by atoms with Crippen LogP contribution in [0.15, 0.2) is 36.5 Å². The molecule has 2 amide bonds. The van der Waals surface area contributed by atoms with Gasteiger partial charge in [0.25, 0.3) is 11.8 Å². The molecule has 2 aromatic rings. The number of halogens is 1. The number of allylic oxidation sites excluding steroid dienone is 2. The van der Waals surface area contributed by atoms with Gasteiger partial charge in [0.1, 0.15) is 28.6 Å². The molecule has 3 aliphatic heterocycles. The van der Waals surface area contributed by atoms with Crippen molar-refractivity contribution in [3.63, 3.8) is 0 Å². The van der Waals surface area contributed by atoms with Crippen molar-refractivity contribution in [2.24, 2.45) is 5.92 Å². The number of nitrogens with one attached hydrogen (secondary N) is 1. The van der Waals surface area contributed by atoms with Crippen LogP contribution in [0.4, 0.5) is 4.39 Å². The zero-order chi connectivity index (χ0) is 26.5. The standard InChI is InChI=1S/C27H32FN5O4/c1-17(2)20(14-21(29)18-4-6-19(28)7-5-18)23-30-15-22-24(34)32-11-10-31(16-26(32,3)33(22)23)25(35)27(36)8-12-37-13-9-27/h4-7,14-15,17,29,36H,8-13,16H2,1-3H3. The monoisotopic (exact) mass is 509 g/mol. The van der Waals surface area contributed by atoms with Gasteiger partial charge in [-0.05, 0) is 54.3 Å². The lowest BCUT2D eigenvalue weighted by molar-refractivity contribution is -0.166. The van der Waals surface area contributed by atoms with Crippen LogP contribution in [-0.2, 0) is 15.2 Å². The van der Waals surface area contributed by atoms with Crippen molar-refractivity contribution in [2.75, 3.05) is 32.8 Å². The zero-order valence-corrected chi connectivity index (χ0v) is 21.3. The van der Waals surface area contributed by atoms with Gasteiger partial charge in [0.15, 0.2) is 0 Å². The highest BCUT2D eigenvalue weighted by Crippen LogP contribution is 2.40. The average Bonchev–Trinajstić information content (AvgIpc) is 3.40. The molecular formula is C27H32FN5O4. The van der Waals surface area contributed by atoms with Crippen LogP contribution in [-0.4, -0.2) is 80.4 Å². The molecule has 5 rings (SSSR count). The molecule has 2 saturated heterocycles. The first-order valence-electron chi connectivity index (χ1n) is 12.6. The minimum atomic E-state index is -1.47. The number of amides is 2. The first kappa shape index (κ1) is 25.3. The van der Waals surface area contributed by atoms with E-state index in [4.69, 9.17) is 10.1 Å². The summed E-state index contributed by atoms with van der Waals surface area (Å²) >= 11 is 0. The fourth-order valence-corrected chi connectivity index (χ4v) is 5.58. The predicted molar refractivity (Wildman–Crippen MR) is 135 cm³/mol. The van der Waals surface area contributed by atoms with Gasteiger partial charge in [-0.2, -0.15) is 0 Å². The quantitative estimate of drug-likeness (QED) is 0.602. The van der Waals surface area contributed by atoms with Gasteiger partial charge in [0.05, 0.1) is 18.5 Å². The molecule has 1 atom stereocenters. The third kappa shape index (κ3) is 4.18. The minimum absolute atomic E-state index is 0.0377. The van der Waals surface area contributed by atoms with E-state index in [0.29, 0.717) is 43.4 Å². The summed E-state index contributed by atoms with van der Waals surface area (Å²) in [4.78, 5) is 34.8. The normalized spacial score (nSPS) is 23.3. The number of carbonyl (C=O) groups is 2. The number of nitrogens with zero attached hydrogens (tertiary/aromatic N) is 4. The third-order valence-electron chi connectivity index (χ3n) is 7.71. The van der Waals surface area contributed by atoms with Crippen LogP contribution in [0.3, 0.4) is 0 Å². The number of hydrogen-bond acceptors (Lipinski definition) is 6. The summed E-state index contributed by atoms with van der Waals surface area (Å²) in [5.41, 5.74) is -0.419. The molecule has 2 N–H and O–H groups in total. The maximum absolute atomic E-state index is 13.4. The van der Waals surface area contributed by atoms with Crippen LogP contribution in [0.1, 0.15) is 55.5 Å². The van der Waals surface area contributed by atoms with E-state index in [1.165, 1.54) is 12.1 Å². The number of rotatable bonds is 5. The largest absolute Gasteiger partial charge is 0.381 e. The topological polar surface area (TPSA) is 112 Å². The van der Waals surface area contributed by atoms with Gasteiger partial charge in [-0.15, -0.1) is 0 Å². The maximum Gasteiger partial charge on any atom is 0.274 e. The Kier molecular flexibility index (Phi) is 6.27. The van der Waals surface area contributed by atoms with E-state index in [1.807, 2.05) is 25.3 Å². The average molecular weight is 510 g/mol. The van der Waals surface area contributed by atoms with Crippen molar-refractivity contribution >= 4 is 23.1 Å². The number of benzene rings is 1. The molecule has 37 heavy (non-hydrogen) atoms. The van der Waals surface area contributed by atoms with E-state index in [-0.39, 0.29) is 48.6 Å². The van der Waals surface area contributed by atoms with Crippen molar-refractivity contribution in [2.45, 2.75) is 44.9 Å². The summed E-state index contributed by atoms with van der Waals surface area (Å²) in [6, 6.07) is 5.75. The summed E-state index contributed by atoms with van der Waals surface area (Å²) in [5, 5.41) is 19.6. The van der Waals surface area contributed by atoms with Crippen LogP contribution in [0, 0.1) is 17.1 Å². The van der Waals surface area contributed by atoms with Crippen molar-refractivity contribution in [3.05, 3.63) is 59.4 Å². The molecule has 1 aromatic heterocycles. The second kappa shape index (κ2) is 9.18. The Morgan fingerprint density at radius 1 is 1.22 bits per heavy atom. The van der Waals surface area contributed by atoms with Crippen molar-refractivity contribution in [1.29, 1.82) is 5.41 Å². The second-order valence-electron chi connectivity index (χ2n) is 10.5. The molecule has 0 bridgehead atoms. The van der Waals surface area contributed by atoms with Gasteiger partial charge in [0.2, 0.25) is 0 Å². The van der Waals surface area contributed by atoms with E-state index in [0.717, 1.165) is 5.57 Å². The smallest absolute Gasteiger partial charge is 0.274 e. The second-order valence-corrected chi connectivity index (χ2v) is 10.5. The molecule has 9 nitrogen and oxygen atoms in total. The number of ether oxygens (including phenoxy) is 1.